The minimum atomic E-state index is 0.204. The van der Waals surface area contributed by atoms with Crippen molar-refractivity contribution in [1.82, 2.24) is 4.90 Å². The Hall–Kier alpha value is -1.22. The summed E-state index contributed by atoms with van der Waals surface area (Å²) in [7, 11) is 0. The molecule has 0 saturated carbocycles. The second-order valence-electron chi connectivity index (χ2n) is 5.94. The van der Waals surface area contributed by atoms with Crippen molar-refractivity contribution in [2.24, 2.45) is 0 Å². The summed E-state index contributed by atoms with van der Waals surface area (Å²) in [5, 5.41) is 3.44. The van der Waals surface area contributed by atoms with Crippen LogP contribution >= 0.6 is 0 Å². The zero-order chi connectivity index (χ0) is 13.3. The molecular formula is C16H24N2O. The molecule has 2 aliphatic heterocycles. The first-order chi connectivity index (χ1) is 9.23. The van der Waals surface area contributed by atoms with Crippen molar-refractivity contribution in [3.63, 3.8) is 0 Å². The van der Waals surface area contributed by atoms with Crippen molar-refractivity contribution >= 4 is 5.69 Å². The molecule has 3 rings (SSSR count). The molecule has 1 N–H and O–H groups in total. The number of fused-ring (bicyclic) bond motifs is 1. The average Bonchev–Trinajstić information content (AvgIpc) is 3.03. The van der Waals surface area contributed by atoms with Gasteiger partial charge in [-0.3, -0.25) is 4.90 Å². The molecule has 0 aliphatic carbocycles. The van der Waals surface area contributed by atoms with Crippen LogP contribution in [0.3, 0.4) is 0 Å². The van der Waals surface area contributed by atoms with Gasteiger partial charge in [0.05, 0.1) is 11.2 Å². The smallest absolute Gasteiger partial charge is 0.142 e. The molecule has 0 spiro atoms. The molecule has 104 valence electrons. The van der Waals surface area contributed by atoms with Gasteiger partial charge >= 0.3 is 0 Å². The highest BCUT2D eigenvalue weighted by Crippen LogP contribution is 2.35. The maximum atomic E-state index is 6.16. The maximum absolute atomic E-state index is 6.16. The highest BCUT2D eigenvalue weighted by molar-refractivity contribution is 5.65. The molecule has 2 heterocycles. The highest BCUT2D eigenvalue weighted by Gasteiger charge is 2.36. The third-order valence-corrected chi connectivity index (χ3v) is 4.64. The number of likely N-dealkylation sites (N-methyl/N-ethyl adjacent to an activating group) is 1. The summed E-state index contributed by atoms with van der Waals surface area (Å²) < 4.78 is 6.16. The number of hydrogen-bond donors (Lipinski definition) is 1. The molecule has 0 radical (unpaired) electrons. The lowest BCUT2D eigenvalue weighted by Gasteiger charge is -2.34. The van der Waals surface area contributed by atoms with Crippen molar-refractivity contribution < 1.29 is 4.74 Å². The van der Waals surface area contributed by atoms with E-state index in [1.807, 2.05) is 0 Å². The van der Waals surface area contributed by atoms with Crippen LogP contribution in [0.4, 0.5) is 5.69 Å². The molecular weight excluding hydrogens is 236 g/mol. The van der Waals surface area contributed by atoms with E-state index in [1.165, 1.54) is 30.6 Å². The Bertz CT molecular complexity index is 460. The van der Waals surface area contributed by atoms with Gasteiger partial charge in [-0.1, -0.05) is 19.1 Å². The molecule has 0 bridgehead atoms. The van der Waals surface area contributed by atoms with Crippen LogP contribution in [0.5, 0.6) is 5.75 Å². The van der Waals surface area contributed by atoms with Gasteiger partial charge in [0.15, 0.2) is 0 Å². The number of hydrogen-bond acceptors (Lipinski definition) is 3. The van der Waals surface area contributed by atoms with Crippen LogP contribution < -0.4 is 10.1 Å². The Kier molecular flexibility index (Phi) is 3.40. The number of rotatable bonds is 4. The lowest BCUT2D eigenvalue weighted by Crippen LogP contribution is -2.45. The number of ether oxygens (including phenoxy) is 1. The lowest BCUT2D eigenvalue weighted by molar-refractivity contribution is 0.0962. The van der Waals surface area contributed by atoms with Crippen LogP contribution in [-0.4, -0.2) is 36.7 Å². The normalized spacial score (nSPS) is 26.2. The van der Waals surface area contributed by atoms with E-state index in [1.54, 1.807) is 0 Å². The number of para-hydroxylation sites is 1. The van der Waals surface area contributed by atoms with Crippen molar-refractivity contribution in [3.8, 4) is 5.75 Å². The monoisotopic (exact) mass is 260 g/mol. The van der Waals surface area contributed by atoms with Crippen molar-refractivity contribution in [2.75, 3.05) is 31.6 Å². The number of nitrogens with zero attached hydrogens (tertiary/aromatic N) is 1. The van der Waals surface area contributed by atoms with Crippen molar-refractivity contribution in [1.29, 1.82) is 0 Å². The molecule has 3 heteroatoms. The first-order valence-corrected chi connectivity index (χ1v) is 7.46. The van der Waals surface area contributed by atoms with E-state index >= 15 is 0 Å². The van der Waals surface area contributed by atoms with Crippen LogP contribution in [-0.2, 0) is 6.42 Å². The van der Waals surface area contributed by atoms with Gasteiger partial charge in [0.2, 0.25) is 0 Å². The van der Waals surface area contributed by atoms with Crippen LogP contribution in [0.1, 0.15) is 32.3 Å². The third-order valence-electron chi connectivity index (χ3n) is 4.64. The predicted octanol–water partition coefficient (Wildman–Crippen LogP) is 2.91. The molecule has 19 heavy (non-hydrogen) atoms. The highest BCUT2D eigenvalue weighted by atomic mass is 16.5. The maximum Gasteiger partial charge on any atom is 0.142 e. The average molecular weight is 260 g/mol. The van der Waals surface area contributed by atoms with Crippen molar-refractivity contribution in [3.05, 3.63) is 23.8 Å². The van der Waals surface area contributed by atoms with Crippen LogP contribution in [0.15, 0.2) is 18.2 Å². The Morgan fingerprint density at radius 1 is 1.42 bits per heavy atom. The zero-order valence-corrected chi connectivity index (χ0v) is 12.0. The minimum absolute atomic E-state index is 0.204. The Labute approximate surface area is 115 Å². The van der Waals surface area contributed by atoms with Gasteiger partial charge in [-0.2, -0.15) is 0 Å². The first-order valence-electron chi connectivity index (χ1n) is 7.46. The van der Waals surface area contributed by atoms with Gasteiger partial charge in [-0.25, -0.2) is 0 Å². The molecule has 1 atom stereocenters. The van der Waals surface area contributed by atoms with E-state index in [4.69, 9.17) is 4.74 Å². The quantitative estimate of drug-likeness (QED) is 0.901. The largest absolute Gasteiger partial charge is 0.489 e. The molecule has 1 aromatic rings. The van der Waals surface area contributed by atoms with E-state index in [9.17, 15) is 0 Å². The molecule has 2 aliphatic rings. The Morgan fingerprint density at radius 3 is 3.16 bits per heavy atom. The molecule has 0 aromatic heterocycles. The lowest BCUT2D eigenvalue weighted by atomic mass is 10.0. The number of benzene rings is 1. The van der Waals surface area contributed by atoms with Crippen molar-refractivity contribution in [2.45, 2.75) is 38.6 Å². The zero-order valence-electron chi connectivity index (χ0n) is 12.0. The number of anilines is 1. The van der Waals surface area contributed by atoms with E-state index < -0.39 is 0 Å². The fraction of sp³-hybridized carbons (Fsp3) is 0.625. The summed E-state index contributed by atoms with van der Waals surface area (Å²) >= 11 is 0. The van der Waals surface area contributed by atoms with Gasteiger partial charge in [0, 0.05) is 6.54 Å². The second kappa shape index (κ2) is 5.04. The van der Waals surface area contributed by atoms with E-state index in [-0.39, 0.29) is 5.54 Å². The van der Waals surface area contributed by atoms with Crippen LogP contribution in [0.25, 0.3) is 0 Å². The predicted molar refractivity (Wildman–Crippen MR) is 79.0 cm³/mol. The molecule has 1 unspecified atom stereocenters. The SMILES string of the molecule is CCN1CCCC1(C)COc1cccc2c1NCC2. The molecule has 1 fully saturated rings. The summed E-state index contributed by atoms with van der Waals surface area (Å²) in [4.78, 5) is 2.55. The van der Waals surface area contributed by atoms with Gasteiger partial charge in [0.25, 0.3) is 0 Å². The Balaban J connectivity index is 1.71. The van der Waals surface area contributed by atoms with E-state index in [2.05, 4.69) is 42.3 Å². The Morgan fingerprint density at radius 2 is 2.32 bits per heavy atom. The van der Waals surface area contributed by atoms with Gasteiger partial charge in [-0.15, -0.1) is 0 Å². The topological polar surface area (TPSA) is 24.5 Å². The second-order valence-corrected chi connectivity index (χ2v) is 5.94. The summed E-state index contributed by atoms with van der Waals surface area (Å²) in [6, 6.07) is 6.39. The molecule has 1 saturated heterocycles. The third kappa shape index (κ3) is 2.32. The summed E-state index contributed by atoms with van der Waals surface area (Å²) in [6.45, 7) is 8.73. The fourth-order valence-corrected chi connectivity index (χ4v) is 3.44. The van der Waals surface area contributed by atoms with Gasteiger partial charge < -0.3 is 10.1 Å². The van der Waals surface area contributed by atoms with Crippen LogP contribution in [0, 0.1) is 0 Å². The van der Waals surface area contributed by atoms with Gasteiger partial charge in [0.1, 0.15) is 12.4 Å². The molecule has 1 aromatic carbocycles. The minimum Gasteiger partial charge on any atom is -0.489 e. The van der Waals surface area contributed by atoms with Gasteiger partial charge in [-0.05, 0) is 50.9 Å². The van der Waals surface area contributed by atoms with E-state index in [0.29, 0.717) is 0 Å². The standard InChI is InChI=1S/C16H24N2O/c1-3-18-11-5-9-16(18,2)12-19-14-7-4-6-13-8-10-17-15(13)14/h4,6-7,17H,3,5,8-12H2,1-2H3. The first kappa shape index (κ1) is 12.8. The number of nitrogens with one attached hydrogen (secondary N) is 1. The molecule has 3 nitrogen and oxygen atoms in total. The number of likely N-dealkylation sites (tertiary alicyclic amines) is 1. The summed E-state index contributed by atoms with van der Waals surface area (Å²) in [5.74, 6) is 1.03. The van der Waals surface area contributed by atoms with Crippen LogP contribution in [0.2, 0.25) is 0 Å². The fourth-order valence-electron chi connectivity index (χ4n) is 3.44. The summed E-state index contributed by atoms with van der Waals surface area (Å²) in [5.41, 5.74) is 2.81. The van der Waals surface area contributed by atoms with E-state index in [0.717, 1.165) is 31.9 Å². The summed E-state index contributed by atoms with van der Waals surface area (Å²) in [6.07, 6.45) is 3.65. The molecule has 0 amide bonds.